The van der Waals surface area contributed by atoms with E-state index in [2.05, 4.69) is 5.32 Å². The number of nitrogens with zero attached hydrogens (tertiary/aromatic N) is 1. The Labute approximate surface area is 183 Å². The number of hydrogen-bond acceptors (Lipinski definition) is 4. The monoisotopic (exact) mass is 448 g/mol. The molecule has 0 bridgehead atoms. The van der Waals surface area contributed by atoms with Crippen LogP contribution in [0.25, 0.3) is 0 Å². The van der Waals surface area contributed by atoms with Gasteiger partial charge >= 0.3 is 0 Å². The molecular weight excluding hydrogens is 419 g/mol. The Balaban J connectivity index is 1.48. The summed E-state index contributed by atoms with van der Waals surface area (Å²) in [4.78, 5) is 12.6. The van der Waals surface area contributed by atoms with E-state index in [9.17, 15) is 17.6 Å². The molecule has 1 aliphatic rings. The van der Waals surface area contributed by atoms with Crippen molar-refractivity contribution in [2.75, 3.05) is 13.1 Å². The van der Waals surface area contributed by atoms with Crippen LogP contribution in [0, 0.1) is 11.7 Å². The van der Waals surface area contributed by atoms with Crippen molar-refractivity contribution in [2.45, 2.75) is 45.1 Å². The number of benzene rings is 2. The number of nitrogens with one attached hydrogen (secondary N) is 1. The van der Waals surface area contributed by atoms with Gasteiger partial charge in [0, 0.05) is 25.6 Å². The maximum Gasteiger partial charge on any atom is 0.223 e. The molecule has 0 radical (unpaired) electrons. The molecule has 8 heteroatoms. The number of carbonyl (C=O) groups excluding carboxylic acids is 1. The topological polar surface area (TPSA) is 75.7 Å². The number of hydrogen-bond donors (Lipinski definition) is 1. The van der Waals surface area contributed by atoms with Crippen LogP contribution < -0.4 is 10.1 Å². The van der Waals surface area contributed by atoms with Crippen LogP contribution in [-0.2, 0) is 27.1 Å². The Morgan fingerprint density at radius 3 is 2.45 bits per heavy atom. The van der Waals surface area contributed by atoms with Gasteiger partial charge in [-0.1, -0.05) is 24.3 Å². The van der Waals surface area contributed by atoms with Gasteiger partial charge in [0.05, 0.1) is 11.9 Å². The number of halogens is 1. The van der Waals surface area contributed by atoms with E-state index in [1.54, 1.807) is 0 Å². The van der Waals surface area contributed by atoms with Gasteiger partial charge in [0.2, 0.25) is 15.9 Å². The molecule has 1 N–H and O–H groups in total. The highest BCUT2D eigenvalue weighted by Gasteiger charge is 2.31. The van der Waals surface area contributed by atoms with Gasteiger partial charge in [-0.15, -0.1) is 0 Å². The lowest BCUT2D eigenvalue weighted by molar-refractivity contribution is -0.126. The van der Waals surface area contributed by atoms with Gasteiger partial charge in [0.25, 0.3) is 0 Å². The third kappa shape index (κ3) is 6.77. The summed E-state index contributed by atoms with van der Waals surface area (Å²) >= 11 is 0. The molecule has 31 heavy (non-hydrogen) atoms. The Morgan fingerprint density at radius 1 is 1.13 bits per heavy atom. The highest BCUT2D eigenvalue weighted by Crippen LogP contribution is 2.22. The zero-order chi connectivity index (χ0) is 22.4. The first-order valence-electron chi connectivity index (χ1n) is 10.5. The molecule has 168 valence electrons. The van der Waals surface area contributed by atoms with Gasteiger partial charge in [0.15, 0.2) is 0 Å². The fourth-order valence-corrected chi connectivity index (χ4v) is 5.18. The van der Waals surface area contributed by atoms with Crippen molar-refractivity contribution in [3.05, 3.63) is 65.5 Å². The average Bonchev–Trinajstić information content (AvgIpc) is 2.73. The second-order valence-electron chi connectivity index (χ2n) is 8.09. The molecule has 1 fully saturated rings. The van der Waals surface area contributed by atoms with Crippen molar-refractivity contribution in [3.8, 4) is 5.75 Å². The normalized spacial score (nSPS) is 15.7. The van der Waals surface area contributed by atoms with Gasteiger partial charge in [-0.3, -0.25) is 4.79 Å². The van der Waals surface area contributed by atoms with Gasteiger partial charge in [-0.25, -0.2) is 17.1 Å². The Morgan fingerprint density at radius 2 is 1.81 bits per heavy atom. The highest BCUT2D eigenvalue weighted by molar-refractivity contribution is 7.88. The van der Waals surface area contributed by atoms with Crippen LogP contribution in [0.4, 0.5) is 4.39 Å². The van der Waals surface area contributed by atoms with Crippen LogP contribution in [0.1, 0.15) is 37.8 Å². The van der Waals surface area contributed by atoms with E-state index < -0.39 is 15.8 Å². The fourth-order valence-electron chi connectivity index (χ4n) is 3.61. The summed E-state index contributed by atoms with van der Waals surface area (Å²) in [6.45, 7) is 4.93. The van der Waals surface area contributed by atoms with E-state index >= 15 is 0 Å². The van der Waals surface area contributed by atoms with E-state index in [-0.39, 0.29) is 23.7 Å². The van der Waals surface area contributed by atoms with Crippen LogP contribution >= 0.6 is 0 Å². The smallest absolute Gasteiger partial charge is 0.223 e. The van der Waals surface area contributed by atoms with E-state index in [0.29, 0.717) is 38.0 Å². The van der Waals surface area contributed by atoms with Gasteiger partial charge in [0.1, 0.15) is 11.6 Å². The number of piperidine rings is 1. The first-order valence-corrected chi connectivity index (χ1v) is 12.1. The lowest BCUT2D eigenvalue weighted by Gasteiger charge is -2.30. The average molecular weight is 449 g/mol. The molecule has 1 saturated heterocycles. The van der Waals surface area contributed by atoms with Gasteiger partial charge < -0.3 is 10.1 Å². The molecule has 0 atom stereocenters. The lowest BCUT2D eigenvalue weighted by atomic mass is 9.97. The summed E-state index contributed by atoms with van der Waals surface area (Å²) in [5, 5.41) is 2.95. The van der Waals surface area contributed by atoms with E-state index in [0.717, 1.165) is 11.3 Å². The van der Waals surface area contributed by atoms with Crippen molar-refractivity contribution < 1.29 is 22.3 Å². The summed E-state index contributed by atoms with van der Waals surface area (Å²) in [6.07, 6.45) is 1.03. The number of ether oxygens (including phenoxy) is 1. The maximum absolute atomic E-state index is 13.0. The van der Waals surface area contributed by atoms with Crippen molar-refractivity contribution in [1.82, 2.24) is 9.62 Å². The zero-order valence-corrected chi connectivity index (χ0v) is 18.7. The number of amides is 1. The molecule has 2 aromatic rings. The molecule has 2 aromatic carbocycles. The summed E-state index contributed by atoms with van der Waals surface area (Å²) in [5.41, 5.74) is 1.50. The molecule has 0 spiro atoms. The van der Waals surface area contributed by atoms with Crippen molar-refractivity contribution >= 4 is 15.9 Å². The summed E-state index contributed by atoms with van der Waals surface area (Å²) < 4.78 is 45.4. The third-order valence-corrected chi connectivity index (χ3v) is 7.07. The molecular formula is C23H29FN2O4S. The molecule has 0 aliphatic carbocycles. The van der Waals surface area contributed by atoms with Gasteiger partial charge in [-0.05, 0) is 62.1 Å². The van der Waals surface area contributed by atoms with Crippen LogP contribution in [0.15, 0.2) is 48.5 Å². The predicted molar refractivity (Wildman–Crippen MR) is 117 cm³/mol. The molecule has 0 saturated carbocycles. The minimum Gasteiger partial charge on any atom is -0.491 e. The van der Waals surface area contributed by atoms with Crippen LogP contribution in [0.2, 0.25) is 0 Å². The quantitative estimate of drug-likeness (QED) is 0.671. The standard InChI is InChI=1S/C23H29FN2O4S/c1-17(2)30-22-5-3-4-19(14-22)15-25-23(27)20-10-12-26(13-11-20)31(28,29)16-18-6-8-21(24)9-7-18/h3-9,14,17,20H,10-13,15-16H2,1-2H3,(H,25,27). The third-order valence-electron chi connectivity index (χ3n) is 5.22. The van der Waals surface area contributed by atoms with Crippen molar-refractivity contribution in [2.24, 2.45) is 5.92 Å². The van der Waals surface area contributed by atoms with Crippen LogP contribution in [0.5, 0.6) is 5.75 Å². The summed E-state index contributed by atoms with van der Waals surface area (Å²) in [7, 11) is -3.50. The Kier molecular flexibility index (Phi) is 7.67. The summed E-state index contributed by atoms with van der Waals surface area (Å²) in [5.74, 6) is -0.0782. The zero-order valence-electron chi connectivity index (χ0n) is 17.9. The maximum atomic E-state index is 13.0. The van der Waals surface area contributed by atoms with Crippen molar-refractivity contribution in [1.29, 1.82) is 0 Å². The van der Waals surface area contributed by atoms with Crippen molar-refractivity contribution in [3.63, 3.8) is 0 Å². The Hall–Kier alpha value is -2.45. The molecule has 1 amide bonds. The molecule has 3 rings (SSSR count). The summed E-state index contributed by atoms with van der Waals surface area (Å²) in [6, 6.07) is 13.1. The number of carbonyl (C=O) groups is 1. The second-order valence-corrected chi connectivity index (χ2v) is 10.1. The number of sulfonamides is 1. The molecule has 1 aliphatic heterocycles. The molecule has 0 aromatic heterocycles. The van der Waals surface area contributed by atoms with E-state index in [1.165, 1.54) is 28.6 Å². The number of rotatable bonds is 8. The first-order chi connectivity index (χ1) is 14.7. The molecule has 1 heterocycles. The SMILES string of the molecule is CC(C)Oc1cccc(CNC(=O)C2CCN(S(=O)(=O)Cc3ccc(F)cc3)CC2)c1. The first kappa shape index (κ1) is 23.2. The van der Waals surface area contributed by atoms with Gasteiger partial charge in [-0.2, -0.15) is 0 Å². The van der Waals surface area contributed by atoms with Crippen LogP contribution in [-0.4, -0.2) is 37.8 Å². The van der Waals surface area contributed by atoms with E-state index in [4.69, 9.17) is 4.74 Å². The minimum absolute atomic E-state index is 0.0641. The largest absolute Gasteiger partial charge is 0.491 e. The highest BCUT2D eigenvalue weighted by atomic mass is 32.2. The predicted octanol–water partition coefficient (Wildman–Crippen LogP) is 3.47. The minimum atomic E-state index is -3.50. The van der Waals surface area contributed by atoms with Crippen LogP contribution in [0.3, 0.4) is 0 Å². The molecule has 0 unspecified atom stereocenters. The Bertz CT molecular complexity index is 985. The van der Waals surface area contributed by atoms with E-state index in [1.807, 2.05) is 38.1 Å². The fraction of sp³-hybridized carbons (Fsp3) is 0.435. The second kappa shape index (κ2) is 10.2. The lowest BCUT2D eigenvalue weighted by Crippen LogP contribution is -2.43. The molecule has 6 nitrogen and oxygen atoms in total.